The molecule has 0 fully saturated rings. The molecule has 0 spiro atoms. The first-order chi connectivity index (χ1) is 9.26. The second-order valence-electron chi connectivity index (χ2n) is 5.25. The molecule has 0 atom stereocenters. The Kier molecular flexibility index (Phi) is 5.26. The highest BCUT2D eigenvalue weighted by atomic mass is 16.6. The molecule has 1 rings (SSSR count). The average molecular weight is 284 g/mol. The third kappa shape index (κ3) is 4.65. The maximum Gasteiger partial charge on any atom is 0.438 e. The fourth-order valence-corrected chi connectivity index (χ4v) is 1.37. The Morgan fingerprint density at radius 3 is 2.55 bits per heavy atom. The van der Waals surface area contributed by atoms with Gasteiger partial charge in [-0.1, -0.05) is 6.92 Å². The molecule has 0 amide bonds. The van der Waals surface area contributed by atoms with E-state index in [1.165, 1.54) is 6.07 Å². The Labute approximate surface area is 117 Å². The zero-order valence-corrected chi connectivity index (χ0v) is 12.2. The first kappa shape index (κ1) is 16.2. The van der Waals surface area contributed by atoms with Crippen molar-refractivity contribution in [2.75, 3.05) is 0 Å². The normalized spacial score (nSPS) is 11.2. The molecular formula is C13H20N2O5. The Hall–Kier alpha value is -1.89. The van der Waals surface area contributed by atoms with Crippen LogP contribution >= 0.6 is 0 Å². The van der Waals surface area contributed by atoms with Crippen LogP contribution in [0, 0.1) is 0 Å². The predicted molar refractivity (Wildman–Crippen MR) is 70.3 cm³/mol. The van der Waals surface area contributed by atoms with Crippen molar-refractivity contribution in [2.45, 2.75) is 52.7 Å². The van der Waals surface area contributed by atoms with Gasteiger partial charge in [-0.15, -0.1) is 4.68 Å². The number of aliphatic hydroxyl groups is 1. The fourth-order valence-electron chi connectivity index (χ4n) is 1.37. The molecule has 1 aromatic heterocycles. The van der Waals surface area contributed by atoms with Gasteiger partial charge in [-0.3, -0.25) is 4.79 Å². The minimum absolute atomic E-state index is 0.0539. The van der Waals surface area contributed by atoms with E-state index in [1.807, 2.05) is 6.92 Å². The third-order valence-corrected chi connectivity index (χ3v) is 2.13. The molecular weight excluding hydrogens is 264 g/mol. The van der Waals surface area contributed by atoms with Gasteiger partial charge in [0.1, 0.15) is 5.60 Å². The summed E-state index contributed by atoms with van der Waals surface area (Å²) in [4.78, 5) is 23.4. The summed E-state index contributed by atoms with van der Waals surface area (Å²) < 4.78 is 11.0. The highest BCUT2D eigenvalue weighted by Crippen LogP contribution is 2.17. The van der Waals surface area contributed by atoms with Gasteiger partial charge in [0.2, 0.25) is 5.88 Å². The highest BCUT2D eigenvalue weighted by Gasteiger charge is 2.23. The SMILES string of the molecule is CCCC(=O)Oc1cc(CO)nn1C(=O)OC(C)(C)C. The smallest absolute Gasteiger partial charge is 0.438 e. The summed E-state index contributed by atoms with van der Waals surface area (Å²) in [6, 6.07) is 1.33. The van der Waals surface area contributed by atoms with Gasteiger partial charge in [0.15, 0.2) is 0 Å². The van der Waals surface area contributed by atoms with Crippen molar-refractivity contribution < 1.29 is 24.2 Å². The van der Waals surface area contributed by atoms with E-state index in [-0.39, 0.29) is 24.6 Å². The first-order valence-corrected chi connectivity index (χ1v) is 6.40. The van der Waals surface area contributed by atoms with E-state index in [0.29, 0.717) is 6.42 Å². The van der Waals surface area contributed by atoms with Crippen LogP contribution < -0.4 is 4.74 Å². The van der Waals surface area contributed by atoms with Crippen LogP contribution in [0.25, 0.3) is 0 Å². The molecule has 7 heteroatoms. The quantitative estimate of drug-likeness (QED) is 0.849. The van der Waals surface area contributed by atoms with Crippen molar-refractivity contribution >= 4 is 12.1 Å². The predicted octanol–water partition coefficient (Wildman–Crippen LogP) is 1.86. The number of hydrogen-bond donors (Lipinski definition) is 1. The van der Waals surface area contributed by atoms with E-state index in [9.17, 15) is 9.59 Å². The zero-order valence-electron chi connectivity index (χ0n) is 12.2. The van der Waals surface area contributed by atoms with E-state index >= 15 is 0 Å². The molecule has 0 bridgehead atoms. The van der Waals surface area contributed by atoms with Crippen molar-refractivity contribution in [3.8, 4) is 5.88 Å². The second kappa shape index (κ2) is 6.51. The van der Waals surface area contributed by atoms with Gasteiger partial charge >= 0.3 is 12.1 Å². The van der Waals surface area contributed by atoms with Gasteiger partial charge < -0.3 is 14.6 Å². The lowest BCUT2D eigenvalue weighted by Gasteiger charge is -2.19. The number of carbonyl (C=O) groups excluding carboxylic acids is 2. The zero-order chi connectivity index (χ0) is 15.3. The topological polar surface area (TPSA) is 90.6 Å². The van der Waals surface area contributed by atoms with Crippen LogP contribution in [0.15, 0.2) is 6.07 Å². The van der Waals surface area contributed by atoms with Crippen molar-refractivity contribution in [1.82, 2.24) is 9.78 Å². The Morgan fingerprint density at radius 2 is 2.05 bits per heavy atom. The highest BCUT2D eigenvalue weighted by molar-refractivity contribution is 5.75. The molecule has 0 aliphatic carbocycles. The van der Waals surface area contributed by atoms with Crippen LogP contribution in [0.5, 0.6) is 5.88 Å². The van der Waals surface area contributed by atoms with Crippen molar-refractivity contribution in [2.24, 2.45) is 0 Å². The Bertz CT molecular complexity index is 487. The number of aromatic nitrogens is 2. The van der Waals surface area contributed by atoms with Crippen molar-refractivity contribution in [3.63, 3.8) is 0 Å². The van der Waals surface area contributed by atoms with Gasteiger partial charge in [0.25, 0.3) is 0 Å². The number of aliphatic hydroxyl groups excluding tert-OH is 1. The number of nitrogens with zero attached hydrogens (tertiary/aromatic N) is 2. The molecule has 0 aliphatic heterocycles. The Morgan fingerprint density at radius 1 is 1.40 bits per heavy atom. The molecule has 0 aromatic carbocycles. The molecule has 7 nitrogen and oxygen atoms in total. The summed E-state index contributed by atoms with van der Waals surface area (Å²) in [6.07, 6.45) is 0.0942. The average Bonchev–Trinajstić information content (AvgIpc) is 2.70. The molecule has 0 saturated heterocycles. The van der Waals surface area contributed by atoms with Gasteiger partial charge in [0, 0.05) is 12.5 Å². The largest absolute Gasteiger partial charge is 0.442 e. The summed E-state index contributed by atoms with van der Waals surface area (Å²) in [7, 11) is 0. The Balaban J connectivity index is 2.96. The molecule has 1 aromatic rings. The van der Waals surface area contributed by atoms with Gasteiger partial charge in [0.05, 0.1) is 12.3 Å². The molecule has 0 radical (unpaired) electrons. The van der Waals surface area contributed by atoms with Crippen molar-refractivity contribution in [1.29, 1.82) is 0 Å². The van der Waals surface area contributed by atoms with Gasteiger partial charge in [-0.25, -0.2) is 4.79 Å². The van der Waals surface area contributed by atoms with E-state index in [2.05, 4.69) is 5.10 Å². The maximum absolute atomic E-state index is 12.0. The summed E-state index contributed by atoms with van der Waals surface area (Å²) in [6.45, 7) is 6.61. The number of ether oxygens (including phenoxy) is 2. The van der Waals surface area contributed by atoms with E-state index in [1.54, 1.807) is 20.8 Å². The third-order valence-electron chi connectivity index (χ3n) is 2.13. The molecule has 0 aliphatic rings. The first-order valence-electron chi connectivity index (χ1n) is 6.40. The van der Waals surface area contributed by atoms with E-state index < -0.39 is 17.7 Å². The van der Waals surface area contributed by atoms with E-state index in [4.69, 9.17) is 14.6 Å². The summed E-state index contributed by atoms with van der Waals surface area (Å²) >= 11 is 0. The molecule has 0 saturated carbocycles. The summed E-state index contributed by atoms with van der Waals surface area (Å²) in [5.74, 6) is -0.525. The fraction of sp³-hybridized carbons (Fsp3) is 0.615. The lowest BCUT2D eigenvalue weighted by atomic mass is 10.2. The van der Waals surface area contributed by atoms with Crippen LogP contribution in [-0.4, -0.2) is 32.6 Å². The number of hydrogen-bond acceptors (Lipinski definition) is 6. The molecule has 0 unspecified atom stereocenters. The molecule has 1 heterocycles. The maximum atomic E-state index is 12.0. The standard InChI is InChI=1S/C13H20N2O5/c1-5-6-11(17)19-10-7-9(8-16)14-15(10)12(18)20-13(2,3)4/h7,16H,5-6,8H2,1-4H3. The minimum Gasteiger partial charge on any atom is -0.442 e. The monoisotopic (exact) mass is 284 g/mol. The van der Waals surface area contributed by atoms with Crippen LogP contribution in [-0.2, 0) is 16.1 Å². The number of esters is 1. The molecule has 1 N–H and O–H groups in total. The van der Waals surface area contributed by atoms with Crippen LogP contribution in [0.2, 0.25) is 0 Å². The van der Waals surface area contributed by atoms with Crippen LogP contribution in [0.1, 0.15) is 46.2 Å². The van der Waals surface area contributed by atoms with Crippen molar-refractivity contribution in [3.05, 3.63) is 11.8 Å². The number of rotatable bonds is 4. The lowest BCUT2D eigenvalue weighted by Crippen LogP contribution is -2.28. The molecule has 112 valence electrons. The lowest BCUT2D eigenvalue weighted by molar-refractivity contribution is -0.134. The van der Waals surface area contributed by atoms with Gasteiger partial charge in [-0.2, -0.15) is 5.10 Å². The van der Waals surface area contributed by atoms with E-state index in [0.717, 1.165) is 4.68 Å². The molecule has 20 heavy (non-hydrogen) atoms. The van der Waals surface area contributed by atoms with Gasteiger partial charge in [-0.05, 0) is 27.2 Å². The minimum atomic E-state index is -0.767. The van der Waals surface area contributed by atoms with Crippen LogP contribution in [0.3, 0.4) is 0 Å². The summed E-state index contributed by atoms with van der Waals surface area (Å²) in [5.41, 5.74) is -0.484. The van der Waals surface area contributed by atoms with Crippen LogP contribution in [0.4, 0.5) is 4.79 Å². The summed E-state index contributed by atoms with van der Waals surface area (Å²) in [5, 5.41) is 12.9. The second-order valence-corrected chi connectivity index (χ2v) is 5.25. The number of carbonyl (C=O) groups is 2.